The molecule has 0 aliphatic heterocycles. The number of aryl methyl sites for hydroxylation is 4. The van der Waals surface area contributed by atoms with Gasteiger partial charge < -0.3 is 20.1 Å². The van der Waals surface area contributed by atoms with Gasteiger partial charge in [0.2, 0.25) is 0 Å². The highest BCUT2D eigenvalue weighted by Gasteiger charge is 2.23. The lowest BCUT2D eigenvalue weighted by Gasteiger charge is -2.18. The number of anilines is 2. The summed E-state index contributed by atoms with van der Waals surface area (Å²) in [7, 11) is 0. The summed E-state index contributed by atoms with van der Waals surface area (Å²) in [6.07, 6.45) is -0.742. The molecular weight excluding hydrogens is 476 g/mol. The number of hydrogen-bond donors (Lipinski definition) is 2. The van der Waals surface area contributed by atoms with Crippen LogP contribution in [-0.2, 0) is 9.53 Å². The highest BCUT2D eigenvalue weighted by atomic mass is 32.1. The molecule has 0 radical (unpaired) electrons. The number of benzene rings is 2. The Morgan fingerprint density at radius 1 is 0.944 bits per heavy atom. The van der Waals surface area contributed by atoms with Crippen LogP contribution in [0.1, 0.15) is 61.7 Å². The van der Waals surface area contributed by atoms with Gasteiger partial charge in [-0.05, 0) is 89.4 Å². The molecule has 3 aromatic rings. The van der Waals surface area contributed by atoms with Gasteiger partial charge >= 0.3 is 5.97 Å². The van der Waals surface area contributed by atoms with E-state index in [0.29, 0.717) is 21.9 Å². The molecule has 3 rings (SSSR count). The number of nitrogens with one attached hydrogen (secondary N) is 2. The van der Waals surface area contributed by atoms with Crippen LogP contribution in [0.5, 0.6) is 5.75 Å². The van der Waals surface area contributed by atoms with Crippen molar-refractivity contribution in [3.63, 3.8) is 0 Å². The van der Waals surface area contributed by atoms with Crippen LogP contribution in [0.2, 0.25) is 0 Å². The van der Waals surface area contributed by atoms with Crippen LogP contribution in [-0.4, -0.2) is 30.5 Å². The maximum absolute atomic E-state index is 12.8. The van der Waals surface area contributed by atoms with E-state index in [1.54, 1.807) is 38.1 Å². The number of ether oxygens (including phenoxy) is 2. The lowest BCUT2D eigenvalue weighted by atomic mass is 10.0. The SMILES string of the molecule is CCOC(=O)c1c(NC(=O)c2ccc(O[C@@H](C)C(=O)Nc3c(C)cc(C)cc3C)cc2)sc(C)c1C. The zero-order valence-corrected chi connectivity index (χ0v) is 22.5. The number of carbonyl (C=O) groups excluding carboxylic acids is 3. The highest BCUT2D eigenvalue weighted by Crippen LogP contribution is 2.33. The molecule has 0 saturated carbocycles. The van der Waals surface area contributed by atoms with Gasteiger partial charge in [-0.25, -0.2) is 4.79 Å². The maximum atomic E-state index is 12.8. The Bertz CT molecular complexity index is 1270. The normalized spacial score (nSPS) is 11.5. The minimum Gasteiger partial charge on any atom is -0.481 e. The van der Waals surface area contributed by atoms with Gasteiger partial charge in [0.25, 0.3) is 11.8 Å². The van der Waals surface area contributed by atoms with Crippen LogP contribution in [0, 0.1) is 34.6 Å². The Morgan fingerprint density at radius 2 is 1.56 bits per heavy atom. The maximum Gasteiger partial charge on any atom is 0.341 e. The van der Waals surface area contributed by atoms with Crippen LogP contribution in [0.4, 0.5) is 10.7 Å². The largest absolute Gasteiger partial charge is 0.481 e. The molecule has 190 valence electrons. The van der Waals surface area contributed by atoms with E-state index >= 15 is 0 Å². The van der Waals surface area contributed by atoms with Crippen LogP contribution >= 0.6 is 11.3 Å². The van der Waals surface area contributed by atoms with E-state index in [2.05, 4.69) is 10.6 Å². The van der Waals surface area contributed by atoms with Gasteiger partial charge in [-0.15, -0.1) is 11.3 Å². The van der Waals surface area contributed by atoms with E-state index in [1.165, 1.54) is 11.3 Å². The molecule has 2 N–H and O–H groups in total. The molecule has 0 bridgehead atoms. The standard InChI is InChI=1S/C28H32N2O5S/c1-8-34-28(33)23-18(5)20(7)36-27(23)30-26(32)21-9-11-22(12-10-21)35-19(6)25(31)29-24-16(3)13-15(2)14-17(24)4/h9-14,19H,8H2,1-7H3,(H,29,31)(H,30,32)/t19-/m0/s1. The van der Waals surface area contributed by atoms with Crippen LogP contribution in [0.15, 0.2) is 36.4 Å². The minimum absolute atomic E-state index is 0.253. The van der Waals surface area contributed by atoms with Crippen molar-refractivity contribution in [2.75, 3.05) is 17.2 Å². The van der Waals surface area contributed by atoms with Crippen molar-refractivity contribution in [1.82, 2.24) is 0 Å². The first-order valence-electron chi connectivity index (χ1n) is 11.8. The van der Waals surface area contributed by atoms with Crippen LogP contribution in [0.25, 0.3) is 0 Å². The topological polar surface area (TPSA) is 93.7 Å². The molecule has 8 heteroatoms. The van der Waals surface area contributed by atoms with Crippen LogP contribution < -0.4 is 15.4 Å². The number of carbonyl (C=O) groups is 3. The first-order chi connectivity index (χ1) is 17.0. The average molecular weight is 509 g/mol. The van der Waals surface area contributed by atoms with Crippen LogP contribution in [0.3, 0.4) is 0 Å². The van der Waals surface area contributed by atoms with Gasteiger partial charge in [-0.3, -0.25) is 9.59 Å². The van der Waals surface area contributed by atoms with Gasteiger partial charge in [0, 0.05) is 16.1 Å². The number of thiophene rings is 1. The quantitative estimate of drug-likeness (QED) is 0.357. The number of esters is 1. The van der Waals surface area contributed by atoms with E-state index in [0.717, 1.165) is 32.8 Å². The lowest BCUT2D eigenvalue weighted by Crippen LogP contribution is -2.30. The van der Waals surface area contributed by atoms with Gasteiger partial charge in [0.05, 0.1) is 12.2 Å². The molecule has 0 unspecified atom stereocenters. The predicted molar refractivity (Wildman–Crippen MR) is 144 cm³/mol. The fourth-order valence-corrected chi connectivity index (χ4v) is 4.93. The summed E-state index contributed by atoms with van der Waals surface area (Å²) in [4.78, 5) is 38.9. The van der Waals surface area contributed by atoms with E-state index in [9.17, 15) is 14.4 Å². The molecule has 0 fully saturated rings. The fourth-order valence-electron chi connectivity index (χ4n) is 3.88. The smallest absolute Gasteiger partial charge is 0.341 e. The first-order valence-corrected chi connectivity index (χ1v) is 12.6. The Morgan fingerprint density at radius 3 is 2.14 bits per heavy atom. The third-order valence-corrected chi connectivity index (χ3v) is 6.94. The molecule has 0 spiro atoms. The molecule has 7 nitrogen and oxygen atoms in total. The highest BCUT2D eigenvalue weighted by molar-refractivity contribution is 7.16. The lowest BCUT2D eigenvalue weighted by molar-refractivity contribution is -0.122. The van der Waals surface area contributed by atoms with E-state index in [1.807, 2.05) is 46.8 Å². The number of amides is 2. The molecule has 0 saturated heterocycles. The van der Waals surface area contributed by atoms with E-state index in [-0.39, 0.29) is 18.4 Å². The van der Waals surface area contributed by atoms with Crippen molar-refractivity contribution in [2.24, 2.45) is 0 Å². The van der Waals surface area contributed by atoms with Gasteiger partial charge in [-0.1, -0.05) is 17.7 Å². The molecule has 2 aromatic carbocycles. The first kappa shape index (κ1) is 26.9. The third-order valence-electron chi connectivity index (χ3n) is 5.82. The Hall–Kier alpha value is -3.65. The fraction of sp³-hybridized carbons (Fsp3) is 0.321. The van der Waals surface area contributed by atoms with Crippen molar-refractivity contribution >= 4 is 39.8 Å². The van der Waals surface area contributed by atoms with Crippen molar-refractivity contribution in [2.45, 2.75) is 54.6 Å². The molecule has 0 aliphatic carbocycles. The molecule has 0 aliphatic rings. The average Bonchev–Trinajstić information content (AvgIpc) is 3.09. The van der Waals surface area contributed by atoms with Crippen molar-refractivity contribution < 1.29 is 23.9 Å². The number of hydrogen-bond acceptors (Lipinski definition) is 6. The molecule has 1 aromatic heterocycles. The van der Waals surface area contributed by atoms with Crippen molar-refractivity contribution in [3.8, 4) is 5.75 Å². The molecule has 36 heavy (non-hydrogen) atoms. The summed E-state index contributed by atoms with van der Waals surface area (Å²) in [5.41, 5.74) is 5.47. The zero-order chi connectivity index (χ0) is 26.6. The summed E-state index contributed by atoms with van der Waals surface area (Å²) in [5, 5.41) is 6.23. The summed E-state index contributed by atoms with van der Waals surface area (Å²) < 4.78 is 10.9. The van der Waals surface area contributed by atoms with E-state index < -0.39 is 12.1 Å². The summed E-state index contributed by atoms with van der Waals surface area (Å²) >= 11 is 1.33. The second-order valence-electron chi connectivity index (χ2n) is 8.71. The minimum atomic E-state index is -0.742. The van der Waals surface area contributed by atoms with Crippen molar-refractivity contribution in [1.29, 1.82) is 0 Å². The summed E-state index contributed by atoms with van der Waals surface area (Å²) in [6, 6.07) is 10.5. The van der Waals surface area contributed by atoms with Gasteiger partial charge in [-0.2, -0.15) is 0 Å². The van der Waals surface area contributed by atoms with E-state index in [4.69, 9.17) is 9.47 Å². The van der Waals surface area contributed by atoms with Crippen molar-refractivity contribution in [3.05, 3.63) is 74.7 Å². The second kappa shape index (κ2) is 11.4. The second-order valence-corrected chi connectivity index (χ2v) is 9.93. The Labute approximate surface area is 215 Å². The van der Waals surface area contributed by atoms with Gasteiger partial charge in [0.15, 0.2) is 6.10 Å². The zero-order valence-electron chi connectivity index (χ0n) is 21.7. The summed E-state index contributed by atoms with van der Waals surface area (Å²) in [5.74, 6) is -0.616. The Balaban J connectivity index is 1.66. The molecular formula is C28H32N2O5S. The monoisotopic (exact) mass is 508 g/mol. The number of rotatable bonds is 8. The molecule has 2 amide bonds. The molecule has 1 heterocycles. The molecule has 1 atom stereocenters. The van der Waals surface area contributed by atoms with Gasteiger partial charge in [0.1, 0.15) is 10.8 Å². The Kier molecular flexibility index (Phi) is 8.53. The third kappa shape index (κ3) is 6.12. The summed E-state index contributed by atoms with van der Waals surface area (Å²) in [6.45, 7) is 13.3. The predicted octanol–water partition coefficient (Wildman–Crippen LogP) is 6.13.